The molecule has 6 fully saturated rings. The molecule has 42 heteroatoms. The lowest BCUT2D eigenvalue weighted by Gasteiger charge is -2.35. The van der Waals surface area contributed by atoms with Gasteiger partial charge in [-0.3, -0.25) is 78.2 Å². The number of hydrogen-bond acceptors (Lipinski definition) is 33. The van der Waals surface area contributed by atoms with Crippen LogP contribution in [-0.2, 0) is 66.7 Å². The van der Waals surface area contributed by atoms with Crippen LogP contribution in [0.1, 0.15) is 129 Å². The van der Waals surface area contributed by atoms with E-state index < -0.39 is 65.3 Å². The molecule has 756 valence electrons. The van der Waals surface area contributed by atoms with Crippen molar-refractivity contribution in [2.45, 2.75) is 88.4 Å². The van der Waals surface area contributed by atoms with E-state index in [1.807, 2.05) is 86.7 Å². The van der Waals surface area contributed by atoms with Gasteiger partial charge in [-0.2, -0.15) is 0 Å². The number of fused-ring (bicyclic) bond motifs is 4. The van der Waals surface area contributed by atoms with Crippen molar-refractivity contribution in [2.75, 3.05) is 234 Å². The Morgan fingerprint density at radius 2 is 0.811 bits per heavy atom. The van der Waals surface area contributed by atoms with Gasteiger partial charge in [0, 0.05) is 122 Å². The number of carboxylic acids is 1. The largest absolute Gasteiger partial charge is 0.480 e. The number of carbonyl (C=O) groups excluding carboxylic acids is 9. The summed E-state index contributed by atoms with van der Waals surface area (Å²) >= 11 is 0. The zero-order valence-electron chi connectivity index (χ0n) is 79.6. The van der Waals surface area contributed by atoms with Crippen molar-refractivity contribution in [1.82, 2.24) is 69.4 Å². The number of ether oxygens (including phenoxy) is 8. The van der Waals surface area contributed by atoms with Gasteiger partial charge in [-0.25, -0.2) is 37.7 Å². The van der Waals surface area contributed by atoms with Crippen molar-refractivity contribution in [2.24, 2.45) is 5.73 Å². The Kier molecular flexibility index (Phi) is 36.0. The van der Waals surface area contributed by atoms with Crippen molar-refractivity contribution in [1.29, 1.82) is 0 Å². The van der Waals surface area contributed by atoms with E-state index in [2.05, 4.69) is 55.7 Å². The number of benzene rings is 4. The summed E-state index contributed by atoms with van der Waals surface area (Å²) in [5.74, 6) is -1.96. The molecule has 8 aliphatic heterocycles. The molecular weight excluding hydrogens is 1850 g/mol. The molecule has 0 spiro atoms. The fourth-order valence-corrected chi connectivity index (χ4v) is 18.5. The second-order valence-corrected chi connectivity index (χ2v) is 35.3. The average Bonchev–Trinajstić information content (AvgIpc) is 1.54. The summed E-state index contributed by atoms with van der Waals surface area (Å²) in [7, 11) is 0. The number of aliphatic carboxylic acids is 1. The normalized spacial score (nSPS) is 18.3. The molecule has 0 radical (unpaired) electrons. The number of hydrogen-bond donors (Lipinski definition) is 6. The van der Waals surface area contributed by atoms with E-state index in [1.165, 1.54) is 12.1 Å². The highest BCUT2D eigenvalue weighted by Crippen LogP contribution is 2.40. The number of ketones is 1. The lowest BCUT2D eigenvalue weighted by Crippen LogP contribution is -2.54. The monoisotopic (exact) mass is 1970 g/mol. The van der Waals surface area contributed by atoms with E-state index in [4.69, 9.17) is 68.9 Å². The Morgan fingerprint density at radius 3 is 1.22 bits per heavy atom. The summed E-state index contributed by atoms with van der Waals surface area (Å²) in [5, 5.41) is 29.7. The minimum absolute atomic E-state index is 0.0532. The lowest BCUT2D eigenvalue weighted by atomic mass is 10.0. The van der Waals surface area contributed by atoms with Crippen molar-refractivity contribution < 1.29 is 99.7 Å². The van der Waals surface area contributed by atoms with Crippen LogP contribution in [0.15, 0.2) is 158 Å². The summed E-state index contributed by atoms with van der Waals surface area (Å²) in [6.45, 7) is 16.6. The minimum atomic E-state index is -1.00. The standard InChI is InChI=1S/C51H59FN10O9.C27H28FN7O2.C23H32N4O8/c52-36-6-1-5-35(31-36)42-9-3-18-60(42)47-15-14-45-54-33-44(62(45)57-47)41-8-2-10-46(55-41)59-21-19-58(20-22-59)34-38(63)7-4-23-68-25-27-70-29-30-71-28-26-69-24-17-53-37-11-12-39-40(32-37)51(67)61(50(39)66)43-13-16-48(64)56-49(43)65;28-20-5-1-4-19(16-20)22-7-3-11-34(22)26-10-9-24-29-17-23(35(24)31-26)21-6-2-8-25(30-21)33-14-12-32(13-15-33)18-27(36)37;24-5-7-32-9-11-34-13-14-35-12-10-33-8-6-25-16-1-2-17-18(15-16)23(31)27(22(17)30)19-3-4-20(28)26-21(19)29/h1-2,5-6,8,10-12,14-15,31-33,42-43,53H,3-4,7,9,13,16-30,34H2,(H,56,64,65);1-2,4-6,8-10,16-17,22H,3,7,11-15,18H2,(H,36,37);1-2,15,19,25H,3-14,24H2,(H,26,28,29)/t42-,43?;22-;/m01./s1. The van der Waals surface area contributed by atoms with Crippen LogP contribution in [0.3, 0.4) is 0 Å². The first-order valence-corrected chi connectivity index (χ1v) is 48.7. The number of carbonyl (C=O) groups is 10. The van der Waals surface area contributed by atoms with Gasteiger partial charge in [0.2, 0.25) is 23.6 Å². The number of imidazole rings is 2. The highest BCUT2D eigenvalue weighted by molar-refractivity contribution is 6.25. The first kappa shape index (κ1) is 102. The van der Waals surface area contributed by atoms with E-state index in [0.29, 0.717) is 169 Å². The molecule has 18 rings (SSSR count). The molecule has 0 aliphatic carbocycles. The molecule has 10 aromatic rings. The van der Waals surface area contributed by atoms with Crippen LogP contribution < -0.4 is 46.6 Å². The fourth-order valence-electron chi connectivity index (χ4n) is 18.5. The molecule has 6 saturated heterocycles. The van der Waals surface area contributed by atoms with E-state index >= 15 is 0 Å². The smallest absolute Gasteiger partial charge is 0.317 e. The van der Waals surface area contributed by atoms with Crippen LogP contribution in [-0.4, -0.2) is 339 Å². The number of carboxylic acid groups (broad SMARTS) is 1. The van der Waals surface area contributed by atoms with Crippen molar-refractivity contribution >= 4 is 105 Å². The van der Waals surface area contributed by atoms with E-state index in [1.54, 1.807) is 73.1 Å². The maximum Gasteiger partial charge on any atom is 0.317 e. The van der Waals surface area contributed by atoms with Crippen LogP contribution in [0, 0.1) is 11.6 Å². The van der Waals surface area contributed by atoms with E-state index in [0.717, 1.165) is 156 Å². The summed E-state index contributed by atoms with van der Waals surface area (Å²) < 4.78 is 75.6. The molecule has 4 aromatic carbocycles. The predicted octanol–water partition coefficient (Wildman–Crippen LogP) is 7.33. The lowest BCUT2D eigenvalue weighted by molar-refractivity contribution is -0.139. The number of imide groups is 4. The molecule has 143 heavy (non-hydrogen) atoms. The maximum absolute atomic E-state index is 14.1. The number of pyridine rings is 2. The first-order valence-electron chi connectivity index (χ1n) is 48.7. The van der Waals surface area contributed by atoms with Gasteiger partial charge in [0.25, 0.3) is 23.6 Å². The molecule has 6 aromatic heterocycles. The highest BCUT2D eigenvalue weighted by Gasteiger charge is 2.47. The van der Waals surface area contributed by atoms with Crippen LogP contribution in [0.5, 0.6) is 0 Å². The molecule has 4 atom stereocenters. The number of piperazine rings is 2. The number of Topliss-reactive ketones (excluding diaryl/α,β-unsaturated/α-hetero) is 1. The van der Waals surface area contributed by atoms with Gasteiger partial charge in [0.05, 0.1) is 170 Å². The molecule has 14 heterocycles. The van der Waals surface area contributed by atoms with Gasteiger partial charge in [-0.05, 0) is 165 Å². The quantitative estimate of drug-likeness (QED) is 0.0161. The summed E-state index contributed by atoms with van der Waals surface area (Å²) in [5.41, 5.74) is 14.0. The van der Waals surface area contributed by atoms with Crippen LogP contribution >= 0.6 is 0 Å². The summed E-state index contributed by atoms with van der Waals surface area (Å²) in [4.78, 5) is 157. The number of nitrogens with two attached hydrogens (primary N) is 1. The molecule has 0 saturated carbocycles. The van der Waals surface area contributed by atoms with Gasteiger partial charge in [-0.1, -0.05) is 36.4 Å². The number of amides is 8. The Morgan fingerprint density at radius 1 is 0.413 bits per heavy atom. The molecular formula is C101H119F2N21O19. The highest BCUT2D eigenvalue weighted by atomic mass is 19.1. The number of aromatic nitrogens is 8. The van der Waals surface area contributed by atoms with Gasteiger partial charge in [0.1, 0.15) is 64.2 Å². The van der Waals surface area contributed by atoms with Crippen LogP contribution in [0.25, 0.3) is 34.1 Å². The second kappa shape index (κ2) is 50.3. The molecule has 8 amide bonds. The number of piperidine rings is 2. The fraction of sp³-hybridized carbons (Fsp3) is 0.446. The van der Waals surface area contributed by atoms with Crippen molar-refractivity contribution in [3.05, 3.63) is 203 Å². The van der Waals surface area contributed by atoms with Crippen LogP contribution in [0.2, 0.25) is 0 Å². The Labute approximate surface area is 824 Å². The van der Waals surface area contributed by atoms with E-state index in [9.17, 15) is 56.7 Å². The Hall–Kier alpha value is -13.7. The third-order valence-electron chi connectivity index (χ3n) is 25.7. The topological polar surface area (TPSA) is 451 Å². The molecule has 8 aliphatic rings. The minimum Gasteiger partial charge on any atom is -0.480 e. The maximum atomic E-state index is 14.1. The number of nitrogens with zero attached hydrogens (tertiary/aromatic N) is 16. The van der Waals surface area contributed by atoms with Gasteiger partial charge < -0.3 is 79.0 Å². The van der Waals surface area contributed by atoms with Crippen molar-refractivity contribution in [3.8, 4) is 22.8 Å². The number of halogens is 2. The predicted molar refractivity (Wildman–Crippen MR) is 522 cm³/mol. The average molecular weight is 1970 g/mol. The summed E-state index contributed by atoms with van der Waals surface area (Å²) in [6.07, 6.45) is 8.97. The number of nitrogens with one attached hydrogen (secondary N) is 4. The molecule has 7 N–H and O–H groups in total. The van der Waals surface area contributed by atoms with E-state index in [-0.39, 0.29) is 84.0 Å². The zero-order chi connectivity index (χ0) is 99.5. The Bertz CT molecular complexity index is 6140. The van der Waals surface area contributed by atoms with Gasteiger partial charge >= 0.3 is 5.97 Å². The number of rotatable bonds is 46. The number of anilines is 6. The van der Waals surface area contributed by atoms with Gasteiger partial charge in [0.15, 0.2) is 11.3 Å². The second-order valence-electron chi connectivity index (χ2n) is 35.3. The van der Waals surface area contributed by atoms with Gasteiger partial charge in [-0.15, -0.1) is 10.2 Å². The first-order chi connectivity index (χ1) is 69.8. The third kappa shape index (κ3) is 26.6. The Balaban J connectivity index is 0.000000171. The SMILES string of the molecule is NCCOCCOCCOCCOCCNc1ccc2c(c1)C(=O)N(C1CCC(=O)NC1=O)C2=O.O=C(CCCOCCOCCOCCOCCNc1ccc2c(c1)C(=O)N(C1CCC(=O)NC1=O)C2=O)CN1CCN(c2cccc(-c3cnc4ccc(N5CCC[C@H]5c5cccc(F)c5)nn34)n2)CC1.O=C(O)CN1CCN(c2cccc(-c3cnc4ccc(N5CCC[C@@H]5c5cccc(F)c5)nn34)n2)CC1. The molecule has 0 bridgehead atoms. The zero-order valence-corrected chi connectivity index (χ0v) is 79.6. The molecule has 40 nitrogen and oxygen atoms in total. The van der Waals surface area contributed by atoms with Crippen molar-refractivity contribution in [3.63, 3.8) is 0 Å². The van der Waals surface area contributed by atoms with Crippen LogP contribution in [0.4, 0.5) is 43.4 Å². The summed E-state index contributed by atoms with van der Waals surface area (Å²) in [6, 6.07) is 41.3. The third-order valence-corrected chi connectivity index (χ3v) is 25.7. The molecule has 2 unspecified atom stereocenters.